The van der Waals surface area contributed by atoms with Gasteiger partial charge in [0.25, 0.3) is 0 Å². The first kappa shape index (κ1) is 35.2. The SMILES string of the molecule is CCCCCCCN(C(=O)C(CCSC)NC(=O)OC(C)(C)C)C(C(=O)NCc1ccccc1)c1c(C)cccc1C. The summed E-state index contributed by atoms with van der Waals surface area (Å²) in [6, 6.07) is 14.0. The fourth-order valence-corrected chi connectivity index (χ4v) is 5.44. The number of benzene rings is 2. The van der Waals surface area contributed by atoms with Crippen molar-refractivity contribution in [3.8, 4) is 0 Å². The Morgan fingerprint density at radius 1 is 0.929 bits per heavy atom. The van der Waals surface area contributed by atoms with Crippen LogP contribution in [0.4, 0.5) is 4.79 Å². The Morgan fingerprint density at radius 3 is 2.17 bits per heavy atom. The molecule has 0 saturated carbocycles. The molecule has 2 atom stereocenters. The van der Waals surface area contributed by atoms with Crippen LogP contribution in [-0.2, 0) is 20.9 Å². The van der Waals surface area contributed by atoms with E-state index >= 15 is 0 Å². The maximum absolute atomic E-state index is 14.5. The van der Waals surface area contributed by atoms with Crippen molar-refractivity contribution in [1.82, 2.24) is 15.5 Å². The van der Waals surface area contributed by atoms with Crippen molar-refractivity contribution in [2.45, 2.75) is 104 Å². The zero-order valence-corrected chi connectivity index (χ0v) is 27.4. The molecule has 0 aliphatic rings. The highest BCUT2D eigenvalue weighted by Crippen LogP contribution is 2.30. The number of hydrogen-bond donors (Lipinski definition) is 2. The van der Waals surface area contributed by atoms with E-state index in [1.165, 1.54) is 0 Å². The first-order valence-electron chi connectivity index (χ1n) is 15.1. The van der Waals surface area contributed by atoms with Crippen LogP contribution in [0.3, 0.4) is 0 Å². The van der Waals surface area contributed by atoms with Gasteiger partial charge in [0.05, 0.1) is 0 Å². The molecule has 2 unspecified atom stereocenters. The summed E-state index contributed by atoms with van der Waals surface area (Å²) in [6.07, 6.45) is 6.79. The van der Waals surface area contributed by atoms with Crippen LogP contribution in [0.2, 0.25) is 0 Å². The average molecular weight is 598 g/mol. The van der Waals surface area contributed by atoms with Gasteiger partial charge in [-0.05, 0) is 81.7 Å². The molecule has 0 aliphatic carbocycles. The predicted octanol–water partition coefficient (Wildman–Crippen LogP) is 7.11. The fraction of sp³-hybridized carbons (Fsp3) is 0.559. The molecule has 7 nitrogen and oxygen atoms in total. The fourth-order valence-electron chi connectivity index (χ4n) is 4.96. The van der Waals surface area contributed by atoms with Crippen LogP contribution in [0.5, 0.6) is 0 Å². The Hall–Kier alpha value is -3.00. The number of alkyl carbamates (subject to hydrolysis) is 1. The second-order valence-corrected chi connectivity index (χ2v) is 12.8. The number of carbonyl (C=O) groups excluding carboxylic acids is 3. The highest BCUT2D eigenvalue weighted by molar-refractivity contribution is 7.98. The summed E-state index contributed by atoms with van der Waals surface area (Å²) in [7, 11) is 0. The zero-order valence-electron chi connectivity index (χ0n) is 26.6. The number of nitrogens with zero attached hydrogens (tertiary/aromatic N) is 1. The lowest BCUT2D eigenvalue weighted by Gasteiger charge is -2.36. The van der Waals surface area contributed by atoms with Crippen LogP contribution in [0.1, 0.15) is 94.5 Å². The Labute approximate surface area is 257 Å². The molecule has 3 amide bonds. The van der Waals surface area contributed by atoms with Gasteiger partial charge in [-0.2, -0.15) is 11.8 Å². The Bertz CT molecular complexity index is 1110. The number of aryl methyl sites for hydroxylation is 2. The summed E-state index contributed by atoms with van der Waals surface area (Å²) in [4.78, 5) is 43.1. The number of nitrogens with one attached hydrogen (secondary N) is 2. The Balaban J connectivity index is 2.52. The van der Waals surface area contributed by atoms with E-state index in [1.807, 2.05) is 68.6 Å². The molecule has 2 aromatic rings. The lowest BCUT2D eigenvalue weighted by atomic mass is 9.93. The van der Waals surface area contributed by atoms with Crippen molar-refractivity contribution in [3.63, 3.8) is 0 Å². The second kappa shape index (κ2) is 17.8. The van der Waals surface area contributed by atoms with Gasteiger partial charge in [0, 0.05) is 13.1 Å². The van der Waals surface area contributed by atoms with Crippen molar-refractivity contribution >= 4 is 29.7 Å². The standard InChI is InChI=1S/C34H51N3O4S/c1-8-9-10-11-15-22-37(32(39)28(21-23-42-7)36-33(40)41-34(4,5)6)30(29-25(2)17-16-18-26(29)3)31(38)35-24-27-19-13-12-14-20-27/h12-14,16-20,28,30H,8-11,15,21-24H2,1-7H3,(H,35,38)(H,36,40). The van der Waals surface area contributed by atoms with Gasteiger partial charge in [-0.3, -0.25) is 9.59 Å². The summed E-state index contributed by atoms with van der Waals surface area (Å²) < 4.78 is 5.52. The van der Waals surface area contributed by atoms with Gasteiger partial charge in [-0.1, -0.05) is 81.1 Å². The third-order valence-electron chi connectivity index (χ3n) is 7.07. The molecule has 0 aliphatic heterocycles. The van der Waals surface area contributed by atoms with Crippen LogP contribution < -0.4 is 10.6 Å². The number of rotatable bonds is 16. The van der Waals surface area contributed by atoms with E-state index in [9.17, 15) is 14.4 Å². The van der Waals surface area contributed by atoms with E-state index in [1.54, 1.807) is 37.4 Å². The van der Waals surface area contributed by atoms with Gasteiger partial charge < -0.3 is 20.3 Å². The molecule has 0 saturated heterocycles. The van der Waals surface area contributed by atoms with Crippen LogP contribution in [0.15, 0.2) is 48.5 Å². The van der Waals surface area contributed by atoms with Gasteiger partial charge in [0.15, 0.2) is 0 Å². The molecular formula is C34H51N3O4S. The third kappa shape index (κ3) is 11.7. The number of amides is 3. The van der Waals surface area contributed by atoms with Crippen LogP contribution >= 0.6 is 11.8 Å². The molecule has 0 aromatic heterocycles. The number of carbonyl (C=O) groups is 3. The smallest absolute Gasteiger partial charge is 0.408 e. The molecule has 8 heteroatoms. The van der Waals surface area contributed by atoms with Crippen molar-refractivity contribution in [3.05, 3.63) is 70.8 Å². The Kier molecular flexibility index (Phi) is 15.0. The summed E-state index contributed by atoms with van der Waals surface area (Å²) in [5.41, 5.74) is 2.99. The highest BCUT2D eigenvalue weighted by atomic mass is 32.2. The molecule has 0 spiro atoms. The number of unbranched alkanes of at least 4 members (excludes halogenated alkanes) is 4. The van der Waals surface area contributed by atoms with Crippen LogP contribution in [0, 0.1) is 13.8 Å². The minimum atomic E-state index is -0.842. The number of ether oxygens (including phenoxy) is 1. The predicted molar refractivity (Wildman–Crippen MR) is 174 cm³/mol. The summed E-state index contributed by atoms with van der Waals surface area (Å²) in [6.45, 7) is 12.3. The summed E-state index contributed by atoms with van der Waals surface area (Å²) >= 11 is 1.61. The first-order chi connectivity index (χ1) is 20.0. The molecule has 0 fully saturated rings. The minimum Gasteiger partial charge on any atom is -0.444 e. The monoisotopic (exact) mass is 597 g/mol. The molecule has 42 heavy (non-hydrogen) atoms. The van der Waals surface area contributed by atoms with Gasteiger partial charge >= 0.3 is 6.09 Å². The van der Waals surface area contributed by atoms with Crippen LogP contribution in [0.25, 0.3) is 0 Å². The van der Waals surface area contributed by atoms with Crippen molar-refractivity contribution < 1.29 is 19.1 Å². The van der Waals surface area contributed by atoms with Gasteiger partial charge in [-0.25, -0.2) is 4.79 Å². The topological polar surface area (TPSA) is 87.7 Å². The highest BCUT2D eigenvalue weighted by Gasteiger charge is 2.37. The van der Waals surface area contributed by atoms with E-state index in [-0.39, 0.29) is 11.8 Å². The van der Waals surface area contributed by atoms with Crippen LogP contribution in [-0.4, -0.2) is 53.0 Å². The minimum absolute atomic E-state index is 0.237. The largest absolute Gasteiger partial charge is 0.444 e. The first-order valence-corrected chi connectivity index (χ1v) is 16.5. The van der Waals surface area contributed by atoms with E-state index in [2.05, 4.69) is 17.6 Å². The summed E-state index contributed by atoms with van der Waals surface area (Å²) in [5.74, 6) is 0.164. The maximum Gasteiger partial charge on any atom is 0.408 e. The second-order valence-electron chi connectivity index (χ2n) is 11.8. The van der Waals surface area contributed by atoms with Crippen molar-refractivity contribution in [2.75, 3.05) is 18.6 Å². The number of hydrogen-bond acceptors (Lipinski definition) is 5. The van der Waals surface area contributed by atoms with E-state index < -0.39 is 23.8 Å². The van der Waals surface area contributed by atoms with Crippen molar-refractivity contribution in [1.29, 1.82) is 0 Å². The van der Waals surface area contributed by atoms with Gasteiger partial charge in [0.2, 0.25) is 11.8 Å². The molecule has 2 N–H and O–H groups in total. The lowest BCUT2D eigenvalue weighted by molar-refractivity contribution is -0.142. The molecule has 0 radical (unpaired) electrons. The zero-order chi connectivity index (χ0) is 31.1. The molecule has 2 rings (SSSR count). The van der Waals surface area contributed by atoms with Crippen molar-refractivity contribution in [2.24, 2.45) is 0 Å². The van der Waals surface area contributed by atoms with Gasteiger partial charge in [-0.15, -0.1) is 0 Å². The van der Waals surface area contributed by atoms with E-state index in [0.29, 0.717) is 25.3 Å². The summed E-state index contributed by atoms with van der Waals surface area (Å²) in [5, 5.41) is 5.94. The van der Waals surface area contributed by atoms with Gasteiger partial charge in [0.1, 0.15) is 17.7 Å². The molecule has 2 aromatic carbocycles. The normalized spacial score (nSPS) is 12.7. The average Bonchev–Trinajstić information content (AvgIpc) is 2.93. The maximum atomic E-state index is 14.5. The Morgan fingerprint density at radius 2 is 1.57 bits per heavy atom. The third-order valence-corrected chi connectivity index (χ3v) is 7.71. The molecule has 232 valence electrons. The van der Waals surface area contributed by atoms with E-state index in [4.69, 9.17) is 4.74 Å². The molecule has 0 bridgehead atoms. The molecular weight excluding hydrogens is 546 g/mol. The number of thioether (sulfide) groups is 1. The lowest BCUT2D eigenvalue weighted by Crippen LogP contribution is -2.53. The van der Waals surface area contributed by atoms with E-state index in [0.717, 1.165) is 54.4 Å². The quantitative estimate of drug-likeness (QED) is 0.202. The molecule has 0 heterocycles.